The fourth-order valence-electron chi connectivity index (χ4n) is 2.20. The molecule has 0 fully saturated rings. The molecular weight excluding hydrogens is 330 g/mol. The third-order valence-electron chi connectivity index (χ3n) is 3.33. The van der Waals surface area contributed by atoms with Crippen LogP contribution in [0, 0.1) is 18.3 Å². The first kappa shape index (κ1) is 13.7. The Kier molecular flexibility index (Phi) is 3.68. The number of nitrogens with zero attached hydrogens (tertiary/aromatic N) is 1. The van der Waals surface area contributed by atoms with Crippen molar-refractivity contribution in [3.05, 3.63) is 59.4 Å². The molecule has 0 radical (unpaired) electrons. The maximum atomic E-state index is 9.20. The SMILES string of the molecule is Cc1cc(Oc2c(C#N)oc3ccccc23)ccc1CBr. The van der Waals surface area contributed by atoms with E-state index in [2.05, 4.69) is 15.9 Å². The van der Waals surface area contributed by atoms with Gasteiger partial charge < -0.3 is 9.15 Å². The van der Waals surface area contributed by atoms with Crippen molar-refractivity contribution in [3.8, 4) is 17.6 Å². The molecule has 3 rings (SSSR count). The van der Waals surface area contributed by atoms with E-state index in [1.807, 2.05) is 55.5 Å². The molecule has 0 unspecified atom stereocenters. The zero-order valence-corrected chi connectivity index (χ0v) is 13.0. The van der Waals surface area contributed by atoms with Gasteiger partial charge in [-0.05, 0) is 42.3 Å². The summed E-state index contributed by atoms with van der Waals surface area (Å²) < 4.78 is 11.4. The topological polar surface area (TPSA) is 46.2 Å². The predicted molar refractivity (Wildman–Crippen MR) is 84.8 cm³/mol. The number of benzene rings is 2. The van der Waals surface area contributed by atoms with Crippen molar-refractivity contribution in [1.82, 2.24) is 0 Å². The molecule has 104 valence electrons. The number of para-hydroxylation sites is 1. The second-order valence-electron chi connectivity index (χ2n) is 4.69. The fourth-order valence-corrected chi connectivity index (χ4v) is 2.83. The van der Waals surface area contributed by atoms with Gasteiger partial charge in [0.05, 0.1) is 5.39 Å². The standard InChI is InChI=1S/C17H12BrNO2/c1-11-8-13(7-6-12(11)9-18)20-17-14-4-2-3-5-15(14)21-16(17)10-19/h2-8H,9H2,1H3. The van der Waals surface area contributed by atoms with Crippen LogP contribution < -0.4 is 4.74 Å². The first-order chi connectivity index (χ1) is 10.2. The number of halogens is 1. The van der Waals surface area contributed by atoms with Crippen molar-refractivity contribution in [2.45, 2.75) is 12.3 Å². The molecule has 0 N–H and O–H groups in total. The lowest BCUT2D eigenvalue weighted by atomic mass is 10.1. The molecule has 21 heavy (non-hydrogen) atoms. The van der Waals surface area contributed by atoms with Gasteiger partial charge in [0.25, 0.3) is 0 Å². The third kappa shape index (κ3) is 2.53. The molecule has 0 aliphatic heterocycles. The zero-order valence-electron chi connectivity index (χ0n) is 11.4. The van der Waals surface area contributed by atoms with E-state index < -0.39 is 0 Å². The van der Waals surface area contributed by atoms with Crippen molar-refractivity contribution in [2.24, 2.45) is 0 Å². The van der Waals surface area contributed by atoms with Gasteiger partial charge >= 0.3 is 0 Å². The van der Waals surface area contributed by atoms with Gasteiger partial charge in [0.15, 0.2) is 5.75 Å². The molecule has 3 nitrogen and oxygen atoms in total. The van der Waals surface area contributed by atoms with Crippen LogP contribution in [-0.4, -0.2) is 0 Å². The lowest BCUT2D eigenvalue weighted by Crippen LogP contribution is -1.89. The Labute approximate surface area is 130 Å². The predicted octanol–water partition coefficient (Wildman–Crippen LogP) is 5.30. The van der Waals surface area contributed by atoms with Gasteiger partial charge in [-0.1, -0.05) is 34.1 Å². The molecule has 0 bridgehead atoms. The summed E-state index contributed by atoms with van der Waals surface area (Å²) in [5, 5.41) is 10.8. The Bertz CT molecular complexity index is 846. The van der Waals surface area contributed by atoms with Crippen molar-refractivity contribution in [3.63, 3.8) is 0 Å². The van der Waals surface area contributed by atoms with Gasteiger partial charge in [-0.25, -0.2) is 0 Å². The van der Waals surface area contributed by atoms with Crippen LogP contribution in [0.1, 0.15) is 16.9 Å². The summed E-state index contributed by atoms with van der Waals surface area (Å²) in [6.45, 7) is 2.03. The summed E-state index contributed by atoms with van der Waals surface area (Å²) in [4.78, 5) is 0. The molecule has 0 aliphatic carbocycles. The highest BCUT2D eigenvalue weighted by Gasteiger charge is 2.16. The number of furan rings is 1. The number of aryl methyl sites for hydroxylation is 1. The molecule has 0 aliphatic rings. The van der Waals surface area contributed by atoms with E-state index >= 15 is 0 Å². The molecule has 0 saturated carbocycles. The van der Waals surface area contributed by atoms with Crippen LogP contribution >= 0.6 is 15.9 Å². The highest BCUT2D eigenvalue weighted by atomic mass is 79.9. The van der Waals surface area contributed by atoms with Crippen LogP contribution in [-0.2, 0) is 5.33 Å². The van der Waals surface area contributed by atoms with Crippen LogP contribution in [0.25, 0.3) is 11.0 Å². The minimum Gasteiger partial charge on any atom is -0.452 e. The quantitative estimate of drug-likeness (QED) is 0.607. The molecule has 1 heterocycles. The monoisotopic (exact) mass is 341 g/mol. The lowest BCUT2D eigenvalue weighted by molar-refractivity contribution is 0.466. The first-order valence-electron chi connectivity index (χ1n) is 6.48. The molecule has 2 aromatic carbocycles. The average molecular weight is 342 g/mol. The van der Waals surface area contributed by atoms with Crippen molar-refractivity contribution in [2.75, 3.05) is 0 Å². The smallest absolute Gasteiger partial charge is 0.247 e. The summed E-state index contributed by atoms with van der Waals surface area (Å²) in [6, 6.07) is 15.4. The lowest BCUT2D eigenvalue weighted by Gasteiger charge is -2.07. The molecule has 4 heteroatoms. The Balaban J connectivity index is 2.05. The van der Waals surface area contributed by atoms with E-state index in [1.165, 1.54) is 5.56 Å². The van der Waals surface area contributed by atoms with Crippen LogP contribution in [0.5, 0.6) is 11.5 Å². The first-order valence-corrected chi connectivity index (χ1v) is 7.60. The van der Waals surface area contributed by atoms with Crippen molar-refractivity contribution >= 4 is 26.9 Å². The molecular formula is C17H12BrNO2. The molecule has 1 aromatic heterocycles. The number of hydrogen-bond donors (Lipinski definition) is 0. The summed E-state index contributed by atoms with van der Waals surface area (Å²) in [6.07, 6.45) is 0. The Morgan fingerprint density at radius 3 is 2.76 bits per heavy atom. The minimum atomic E-state index is 0.193. The molecule has 3 aromatic rings. The number of nitriles is 1. The van der Waals surface area contributed by atoms with Crippen LogP contribution in [0.3, 0.4) is 0 Å². The van der Waals surface area contributed by atoms with E-state index in [9.17, 15) is 5.26 Å². The Hall–Kier alpha value is -2.25. The highest BCUT2D eigenvalue weighted by molar-refractivity contribution is 9.08. The molecule has 0 amide bonds. The number of alkyl halides is 1. The summed E-state index contributed by atoms with van der Waals surface area (Å²) in [7, 11) is 0. The second-order valence-corrected chi connectivity index (χ2v) is 5.25. The zero-order chi connectivity index (χ0) is 14.8. The van der Waals surface area contributed by atoms with Gasteiger partial charge in [-0.2, -0.15) is 5.26 Å². The number of fused-ring (bicyclic) bond motifs is 1. The summed E-state index contributed by atoms with van der Waals surface area (Å²) in [5.41, 5.74) is 2.99. The average Bonchev–Trinajstić information content (AvgIpc) is 2.86. The van der Waals surface area contributed by atoms with Gasteiger partial charge in [-0.15, -0.1) is 0 Å². The van der Waals surface area contributed by atoms with E-state index in [0.717, 1.165) is 16.3 Å². The van der Waals surface area contributed by atoms with Gasteiger partial charge in [-0.3, -0.25) is 0 Å². The van der Waals surface area contributed by atoms with Crippen LogP contribution in [0.2, 0.25) is 0 Å². The van der Waals surface area contributed by atoms with Crippen molar-refractivity contribution in [1.29, 1.82) is 5.26 Å². The van der Waals surface area contributed by atoms with E-state index in [1.54, 1.807) is 0 Å². The highest BCUT2D eigenvalue weighted by Crippen LogP contribution is 2.36. The molecule has 0 spiro atoms. The third-order valence-corrected chi connectivity index (χ3v) is 3.93. The molecule has 0 atom stereocenters. The minimum absolute atomic E-state index is 0.193. The number of hydrogen-bond acceptors (Lipinski definition) is 3. The Morgan fingerprint density at radius 1 is 1.24 bits per heavy atom. The van der Waals surface area contributed by atoms with Gasteiger partial charge in [0.2, 0.25) is 5.76 Å². The molecule has 0 saturated heterocycles. The van der Waals surface area contributed by atoms with Gasteiger partial charge in [0.1, 0.15) is 17.4 Å². The Morgan fingerprint density at radius 2 is 2.05 bits per heavy atom. The van der Waals surface area contributed by atoms with E-state index in [4.69, 9.17) is 9.15 Å². The summed E-state index contributed by atoms with van der Waals surface area (Å²) in [5.74, 6) is 1.36. The fraction of sp³-hybridized carbons (Fsp3) is 0.118. The normalized spacial score (nSPS) is 10.5. The number of ether oxygens (including phenoxy) is 1. The second kappa shape index (κ2) is 5.63. The van der Waals surface area contributed by atoms with Crippen molar-refractivity contribution < 1.29 is 9.15 Å². The van der Waals surface area contributed by atoms with Crippen LogP contribution in [0.4, 0.5) is 0 Å². The maximum Gasteiger partial charge on any atom is 0.247 e. The summed E-state index contributed by atoms with van der Waals surface area (Å²) >= 11 is 3.45. The maximum absolute atomic E-state index is 9.20. The van der Waals surface area contributed by atoms with Crippen LogP contribution in [0.15, 0.2) is 46.9 Å². The number of rotatable bonds is 3. The van der Waals surface area contributed by atoms with Gasteiger partial charge in [0, 0.05) is 5.33 Å². The van der Waals surface area contributed by atoms with E-state index in [-0.39, 0.29) is 5.76 Å². The largest absolute Gasteiger partial charge is 0.452 e. The van der Waals surface area contributed by atoms with E-state index in [0.29, 0.717) is 17.1 Å².